The molecule has 1 aromatic carbocycles. The fourth-order valence-electron chi connectivity index (χ4n) is 4.76. The van der Waals surface area contributed by atoms with Crippen molar-refractivity contribution in [2.24, 2.45) is 7.05 Å². The van der Waals surface area contributed by atoms with Crippen LogP contribution in [0.15, 0.2) is 53.5 Å². The standard InChI is InChI=1S/C29H34N6O5/c1-19(2)40-23-17-35(18-23)27(36)14-20-5-4-6-21(13-20)24-15-25(29(38)33(3)32-24)31-26-8-7-22(16-30-26)28(37)34-9-11-39-12-10-34/h4-8,13,15-16,19,23H,9-12,14,17-18H2,1-3H3,(H,30,31). The van der Waals surface area contributed by atoms with Crippen LogP contribution in [0.25, 0.3) is 11.3 Å². The lowest BCUT2D eigenvalue weighted by atomic mass is 10.0. The number of rotatable bonds is 8. The number of nitrogens with one attached hydrogen (secondary N) is 1. The van der Waals surface area contributed by atoms with E-state index in [1.54, 1.807) is 35.0 Å². The summed E-state index contributed by atoms with van der Waals surface area (Å²) in [5, 5.41) is 7.49. The van der Waals surface area contributed by atoms with Gasteiger partial charge in [-0.25, -0.2) is 9.67 Å². The normalized spacial score (nSPS) is 15.7. The smallest absolute Gasteiger partial charge is 0.290 e. The molecule has 40 heavy (non-hydrogen) atoms. The highest BCUT2D eigenvalue weighted by Crippen LogP contribution is 2.23. The van der Waals surface area contributed by atoms with E-state index in [1.165, 1.54) is 10.9 Å². The summed E-state index contributed by atoms with van der Waals surface area (Å²) in [5.41, 5.74) is 2.68. The molecule has 2 aliphatic rings. The van der Waals surface area contributed by atoms with Crippen LogP contribution >= 0.6 is 0 Å². The van der Waals surface area contributed by atoms with Gasteiger partial charge in [-0.15, -0.1) is 0 Å². The number of benzene rings is 1. The highest BCUT2D eigenvalue weighted by atomic mass is 16.5. The van der Waals surface area contributed by atoms with Crippen LogP contribution in [0, 0.1) is 0 Å². The minimum Gasteiger partial charge on any atom is -0.378 e. The topological polar surface area (TPSA) is 119 Å². The van der Waals surface area contributed by atoms with Gasteiger partial charge < -0.3 is 24.6 Å². The third-order valence-corrected chi connectivity index (χ3v) is 6.88. The first-order valence-electron chi connectivity index (χ1n) is 13.5. The van der Waals surface area contributed by atoms with Crippen molar-refractivity contribution < 1.29 is 19.1 Å². The first kappa shape index (κ1) is 27.5. The Hall–Kier alpha value is -4.09. The van der Waals surface area contributed by atoms with Crippen molar-refractivity contribution in [2.75, 3.05) is 44.7 Å². The lowest BCUT2D eigenvalue weighted by Crippen LogP contribution is -2.55. The van der Waals surface area contributed by atoms with Gasteiger partial charge in [0.15, 0.2) is 0 Å². The molecule has 2 fully saturated rings. The highest BCUT2D eigenvalue weighted by Gasteiger charge is 2.31. The van der Waals surface area contributed by atoms with Gasteiger partial charge >= 0.3 is 0 Å². The Balaban J connectivity index is 1.27. The van der Waals surface area contributed by atoms with Crippen molar-refractivity contribution in [1.82, 2.24) is 24.6 Å². The van der Waals surface area contributed by atoms with Gasteiger partial charge in [0.2, 0.25) is 5.91 Å². The fourth-order valence-corrected chi connectivity index (χ4v) is 4.76. The second-order valence-corrected chi connectivity index (χ2v) is 10.3. The van der Waals surface area contributed by atoms with E-state index in [4.69, 9.17) is 9.47 Å². The molecule has 2 saturated heterocycles. The Morgan fingerprint density at radius 2 is 1.88 bits per heavy atom. The maximum absolute atomic E-state index is 12.8. The van der Waals surface area contributed by atoms with Crippen LogP contribution < -0.4 is 10.9 Å². The van der Waals surface area contributed by atoms with Gasteiger partial charge in [-0.05, 0) is 43.7 Å². The number of carbonyl (C=O) groups excluding carboxylic acids is 2. The van der Waals surface area contributed by atoms with Crippen molar-refractivity contribution in [2.45, 2.75) is 32.5 Å². The molecular formula is C29H34N6O5. The molecule has 5 rings (SSSR count). The van der Waals surface area contributed by atoms with E-state index in [1.807, 2.05) is 38.1 Å². The molecule has 0 spiro atoms. The lowest BCUT2D eigenvalue weighted by Gasteiger charge is -2.39. The molecule has 2 amide bonds. The zero-order valence-corrected chi connectivity index (χ0v) is 23.0. The van der Waals surface area contributed by atoms with E-state index in [-0.39, 0.29) is 36.0 Å². The molecule has 11 heteroatoms. The number of aromatic nitrogens is 3. The average molecular weight is 547 g/mol. The summed E-state index contributed by atoms with van der Waals surface area (Å²) in [7, 11) is 1.58. The largest absolute Gasteiger partial charge is 0.378 e. The first-order valence-corrected chi connectivity index (χ1v) is 13.5. The van der Waals surface area contributed by atoms with Crippen molar-refractivity contribution in [1.29, 1.82) is 0 Å². The molecule has 0 saturated carbocycles. The molecule has 1 N–H and O–H groups in total. The SMILES string of the molecule is CC(C)OC1CN(C(=O)Cc2cccc(-c3cc(Nc4ccc(C(=O)N5CCOCC5)cn4)c(=O)n(C)n3)c2)C1. The summed E-state index contributed by atoms with van der Waals surface area (Å²) in [4.78, 5) is 46.2. The Morgan fingerprint density at radius 3 is 2.58 bits per heavy atom. The fraction of sp³-hybridized carbons (Fsp3) is 0.414. The predicted octanol–water partition coefficient (Wildman–Crippen LogP) is 2.24. The zero-order valence-electron chi connectivity index (χ0n) is 23.0. The van der Waals surface area contributed by atoms with Gasteiger partial charge in [-0.2, -0.15) is 5.10 Å². The molecule has 0 atom stereocenters. The summed E-state index contributed by atoms with van der Waals surface area (Å²) >= 11 is 0. The van der Waals surface area contributed by atoms with Gasteiger partial charge in [0, 0.05) is 45.0 Å². The van der Waals surface area contributed by atoms with Gasteiger partial charge in [-0.3, -0.25) is 14.4 Å². The molecule has 11 nitrogen and oxygen atoms in total. The molecule has 0 aliphatic carbocycles. The zero-order chi connectivity index (χ0) is 28.2. The second-order valence-electron chi connectivity index (χ2n) is 10.3. The number of anilines is 2. The van der Waals surface area contributed by atoms with Gasteiger partial charge in [0.25, 0.3) is 11.5 Å². The second kappa shape index (κ2) is 12.0. The van der Waals surface area contributed by atoms with Crippen molar-refractivity contribution >= 4 is 23.3 Å². The molecule has 2 aliphatic heterocycles. The maximum atomic E-state index is 12.8. The van der Waals surface area contributed by atoms with Gasteiger partial charge in [0.05, 0.1) is 43.1 Å². The van der Waals surface area contributed by atoms with E-state index in [9.17, 15) is 14.4 Å². The Morgan fingerprint density at radius 1 is 1.10 bits per heavy atom. The molecule has 0 radical (unpaired) electrons. The van der Waals surface area contributed by atoms with Crippen LogP contribution in [-0.4, -0.2) is 88.0 Å². The van der Waals surface area contributed by atoms with Crippen LogP contribution in [0.1, 0.15) is 29.8 Å². The number of ether oxygens (including phenoxy) is 2. The minimum atomic E-state index is -0.318. The summed E-state index contributed by atoms with van der Waals surface area (Å²) in [5.74, 6) is 0.389. The molecular weight excluding hydrogens is 512 g/mol. The van der Waals surface area contributed by atoms with Crippen molar-refractivity contribution in [3.8, 4) is 11.3 Å². The molecule has 210 valence electrons. The number of amides is 2. The molecule has 0 bridgehead atoms. The number of pyridine rings is 1. The van der Waals surface area contributed by atoms with Crippen LogP contribution in [0.2, 0.25) is 0 Å². The number of morpholine rings is 1. The van der Waals surface area contributed by atoms with E-state index in [2.05, 4.69) is 15.4 Å². The summed E-state index contributed by atoms with van der Waals surface area (Å²) < 4.78 is 12.3. The van der Waals surface area contributed by atoms with E-state index < -0.39 is 0 Å². The lowest BCUT2D eigenvalue weighted by molar-refractivity contribution is -0.147. The number of likely N-dealkylation sites (tertiary alicyclic amines) is 1. The Labute approximate surface area is 232 Å². The molecule has 0 unspecified atom stereocenters. The van der Waals surface area contributed by atoms with Gasteiger partial charge in [0.1, 0.15) is 11.5 Å². The van der Waals surface area contributed by atoms with E-state index >= 15 is 0 Å². The Kier molecular flexibility index (Phi) is 8.22. The highest BCUT2D eigenvalue weighted by molar-refractivity contribution is 5.94. The van der Waals surface area contributed by atoms with Crippen molar-refractivity contribution in [3.05, 3.63) is 70.1 Å². The maximum Gasteiger partial charge on any atom is 0.290 e. The number of carbonyl (C=O) groups is 2. The molecule has 3 aromatic rings. The van der Waals surface area contributed by atoms with Crippen molar-refractivity contribution in [3.63, 3.8) is 0 Å². The minimum absolute atomic E-state index is 0.0538. The number of hydrogen-bond acceptors (Lipinski definition) is 8. The summed E-state index contributed by atoms with van der Waals surface area (Å²) in [6, 6.07) is 12.6. The number of hydrogen-bond donors (Lipinski definition) is 1. The van der Waals surface area contributed by atoms with E-state index in [0.29, 0.717) is 62.2 Å². The first-order chi connectivity index (χ1) is 19.3. The quantitative estimate of drug-likeness (QED) is 0.457. The number of nitrogens with zero attached hydrogens (tertiary/aromatic N) is 5. The summed E-state index contributed by atoms with van der Waals surface area (Å²) in [6.07, 6.45) is 2.03. The van der Waals surface area contributed by atoms with Crippen LogP contribution in [0.5, 0.6) is 0 Å². The predicted molar refractivity (Wildman–Crippen MR) is 149 cm³/mol. The Bertz CT molecular complexity index is 1430. The number of aryl methyl sites for hydroxylation is 1. The monoisotopic (exact) mass is 546 g/mol. The van der Waals surface area contributed by atoms with Crippen LogP contribution in [0.3, 0.4) is 0 Å². The summed E-state index contributed by atoms with van der Waals surface area (Å²) in [6.45, 7) is 7.37. The third-order valence-electron chi connectivity index (χ3n) is 6.88. The van der Waals surface area contributed by atoms with E-state index in [0.717, 1.165) is 11.1 Å². The van der Waals surface area contributed by atoms with Gasteiger partial charge in [-0.1, -0.05) is 18.2 Å². The van der Waals surface area contributed by atoms with Crippen LogP contribution in [0.4, 0.5) is 11.5 Å². The average Bonchev–Trinajstić information content (AvgIpc) is 2.93. The third kappa shape index (κ3) is 6.37. The molecule has 4 heterocycles. The van der Waals surface area contributed by atoms with Crippen LogP contribution in [-0.2, 0) is 27.7 Å². The molecule has 2 aromatic heterocycles.